The van der Waals surface area contributed by atoms with Crippen LogP contribution in [0.1, 0.15) is 22.8 Å². The lowest BCUT2D eigenvalue weighted by atomic mass is 10.2. The summed E-state index contributed by atoms with van der Waals surface area (Å²) in [6, 6.07) is 14.0. The predicted octanol–water partition coefficient (Wildman–Crippen LogP) is 3.19. The maximum Gasteiger partial charge on any atom is 0.338 e. The molecule has 0 aliphatic carbocycles. The van der Waals surface area contributed by atoms with Crippen LogP contribution in [0.3, 0.4) is 0 Å². The Balaban J connectivity index is 1.84. The highest BCUT2D eigenvalue weighted by molar-refractivity contribution is 5.95. The van der Waals surface area contributed by atoms with Gasteiger partial charge in [-0.1, -0.05) is 12.1 Å². The molecule has 0 saturated heterocycles. The smallest absolute Gasteiger partial charge is 0.338 e. The molecule has 23 heavy (non-hydrogen) atoms. The van der Waals surface area contributed by atoms with Crippen LogP contribution in [0.2, 0.25) is 0 Å². The number of benzene rings is 2. The summed E-state index contributed by atoms with van der Waals surface area (Å²) < 4.78 is 10.3. The van der Waals surface area contributed by atoms with Crippen molar-refractivity contribution in [1.82, 2.24) is 0 Å². The molecule has 1 amide bonds. The van der Waals surface area contributed by atoms with Gasteiger partial charge in [0.25, 0.3) is 5.91 Å². The van der Waals surface area contributed by atoms with E-state index in [0.29, 0.717) is 23.6 Å². The van der Waals surface area contributed by atoms with Crippen LogP contribution in [0.4, 0.5) is 5.69 Å². The summed E-state index contributed by atoms with van der Waals surface area (Å²) >= 11 is 0. The van der Waals surface area contributed by atoms with Crippen LogP contribution in [-0.4, -0.2) is 25.1 Å². The minimum Gasteiger partial charge on any atom is -0.494 e. The molecule has 5 nitrogen and oxygen atoms in total. The third-order valence-electron chi connectivity index (χ3n) is 3.04. The van der Waals surface area contributed by atoms with E-state index in [1.165, 1.54) is 0 Å². The van der Waals surface area contributed by atoms with Gasteiger partial charge in [-0.05, 0) is 55.8 Å². The number of ether oxygens (including phenoxy) is 2. The molecule has 2 rings (SSSR count). The van der Waals surface area contributed by atoms with E-state index in [1.807, 2.05) is 32.0 Å². The Labute approximate surface area is 135 Å². The lowest BCUT2D eigenvalue weighted by Crippen LogP contribution is -2.20. The van der Waals surface area contributed by atoms with E-state index < -0.39 is 5.97 Å². The van der Waals surface area contributed by atoms with Crippen LogP contribution in [0, 0.1) is 6.92 Å². The number of aryl methyl sites for hydroxylation is 1. The monoisotopic (exact) mass is 313 g/mol. The molecular formula is C18H19NO4. The summed E-state index contributed by atoms with van der Waals surface area (Å²) in [5.74, 6) is -0.247. The first-order valence-corrected chi connectivity index (χ1v) is 7.35. The summed E-state index contributed by atoms with van der Waals surface area (Å²) in [7, 11) is 0. The van der Waals surface area contributed by atoms with Crippen molar-refractivity contribution in [3.05, 3.63) is 59.7 Å². The van der Waals surface area contributed by atoms with Crippen molar-refractivity contribution in [2.75, 3.05) is 18.5 Å². The number of rotatable bonds is 6. The molecule has 1 N–H and O–H groups in total. The Morgan fingerprint density at radius 2 is 1.83 bits per heavy atom. The highest BCUT2D eigenvalue weighted by atomic mass is 16.5. The van der Waals surface area contributed by atoms with Crippen molar-refractivity contribution in [3.8, 4) is 5.75 Å². The largest absolute Gasteiger partial charge is 0.494 e. The van der Waals surface area contributed by atoms with E-state index in [4.69, 9.17) is 9.47 Å². The number of amides is 1. The van der Waals surface area contributed by atoms with Crippen LogP contribution in [-0.2, 0) is 9.53 Å². The Morgan fingerprint density at radius 3 is 2.48 bits per heavy atom. The maximum absolute atomic E-state index is 11.9. The first-order chi connectivity index (χ1) is 11.1. The molecule has 0 saturated carbocycles. The first kappa shape index (κ1) is 16.5. The Morgan fingerprint density at radius 1 is 1.09 bits per heavy atom. The van der Waals surface area contributed by atoms with Crippen LogP contribution >= 0.6 is 0 Å². The second-order valence-corrected chi connectivity index (χ2v) is 4.95. The maximum atomic E-state index is 11.9. The average molecular weight is 313 g/mol. The van der Waals surface area contributed by atoms with Gasteiger partial charge in [0.15, 0.2) is 6.61 Å². The first-order valence-electron chi connectivity index (χ1n) is 7.35. The summed E-state index contributed by atoms with van der Waals surface area (Å²) in [5.41, 5.74) is 2.08. The van der Waals surface area contributed by atoms with Gasteiger partial charge in [-0.2, -0.15) is 0 Å². The van der Waals surface area contributed by atoms with Crippen LogP contribution in [0.5, 0.6) is 5.75 Å². The highest BCUT2D eigenvalue weighted by Crippen LogP contribution is 2.13. The number of carbonyl (C=O) groups excluding carboxylic acids is 2. The molecule has 0 bridgehead atoms. The Bertz CT molecular complexity index is 680. The molecule has 120 valence electrons. The number of anilines is 1. The zero-order chi connectivity index (χ0) is 16.7. The van der Waals surface area contributed by atoms with Crippen molar-refractivity contribution >= 4 is 17.6 Å². The number of hydrogen-bond acceptors (Lipinski definition) is 4. The molecule has 0 fully saturated rings. The molecule has 0 heterocycles. The van der Waals surface area contributed by atoms with Gasteiger partial charge in [0, 0.05) is 5.69 Å². The molecule has 0 radical (unpaired) electrons. The van der Waals surface area contributed by atoms with Crippen LogP contribution < -0.4 is 10.1 Å². The second kappa shape index (κ2) is 7.98. The fourth-order valence-electron chi connectivity index (χ4n) is 1.99. The molecule has 0 atom stereocenters. The number of esters is 1. The van der Waals surface area contributed by atoms with Gasteiger partial charge >= 0.3 is 5.97 Å². The van der Waals surface area contributed by atoms with Gasteiger partial charge < -0.3 is 14.8 Å². The molecule has 0 unspecified atom stereocenters. The Hall–Kier alpha value is -2.82. The average Bonchev–Trinajstić information content (AvgIpc) is 2.54. The predicted molar refractivity (Wildman–Crippen MR) is 87.7 cm³/mol. The van der Waals surface area contributed by atoms with Crippen molar-refractivity contribution in [2.45, 2.75) is 13.8 Å². The third-order valence-corrected chi connectivity index (χ3v) is 3.04. The van der Waals surface area contributed by atoms with Gasteiger partial charge in [-0.25, -0.2) is 4.79 Å². The topological polar surface area (TPSA) is 64.6 Å². The SMILES string of the molecule is CCOc1ccc(C(=O)OCC(=O)Nc2cccc(C)c2)cc1. The summed E-state index contributed by atoms with van der Waals surface area (Å²) in [5, 5.41) is 2.68. The fraction of sp³-hybridized carbons (Fsp3) is 0.222. The summed E-state index contributed by atoms with van der Waals surface area (Å²) in [6.45, 7) is 4.04. The van der Waals surface area contributed by atoms with E-state index in [1.54, 1.807) is 30.3 Å². The van der Waals surface area contributed by atoms with Crippen LogP contribution in [0.25, 0.3) is 0 Å². The molecule has 0 spiro atoms. The van der Waals surface area contributed by atoms with E-state index >= 15 is 0 Å². The van der Waals surface area contributed by atoms with Gasteiger partial charge in [0.05, 0.1) is 12.2 Å². The quantitative estimate of drug-likeness (QED) is 0.832. The van der Waals surface area contributed by atoms with E-state index in [2.05, 4.69) is 5.32 Å². The summed E-state index contributed by atoms with van der Waals surface area (Å²) in [6.07, 6.45) is 0. The minimum absolute atomic E-state index is 0.333. The number of carbonyl (C=O) groups is 2. The number of nitrogens with one attached hydrogen (secondary N) is 1. The van der Waals surface area contributed by atoms with Gasteiger partial charge in [-0.15, -0.1) is 0 Å². The van der Waals surface area contributed by atoms with E-state index in [9.17, 15) is 9.59 Å². The molecule has 0 aromatic heterocycles. The van der Waals surface area contributed by atoms with E-state index in [-0.39, 0.29) is 12.5 Å². The number of hydrogen-bond donors (Lipinski definition) is 1. The standard InChI is InChI=1S/C18H19NO4/c1-3-22-16-9-7-14(8-10-16)18(21)23-12-17(20)19-15-6-4-5-13(2)11-15/h4-11H,3,12H2,1-2H3,(H,19,20). The van der Waals surface area contributed by atoms with Crippen molar-refractivity contribution in [3.63, 3.8) is 0 Å². The van der Waals surface area contributed by atoms with Gasteiger partial charge in [0.2, 0.25) is 0 Å². The molecular weight excluding hydrogens is 294 g/mol. The zero-order valence-electron chi connectivity index (χ0n) is 13.2. The lowest BCUT2D eigenvalue weighted by Gasteiger charge is -2.08. The van der Waals surface area contributed by atoms with E-state index in [0.717, 1.165) is 5.56 Å². The third kappa shape index (κ3) is 5.14. The molecule has 2 aromatic carbocycles. The lowest BCUT2D eigenvalue weighted by molar-refractivity contribution is -0.119. The normalized spacial score (nSPS) is 10.0. The van der Waals surface area contributed by atoms with Crippen LogP contribution in [0.15, 0.2) is 48.5 Å². The Kier molecular flexibility index (Phi) is 5.74. The zero-order valence-corrected chi connectivity index (χ0v) is 13.2. The van der Waals surface area contributed by atoms with Crippen molar-refractivity contribution < 1.29 is 19.1 Å². The molecule has 0 aliphatic heterocycles. The highest BCUT2D eigenvalue weighted by Gasteiger charge is 2.10. The van der Waals surface area contributed by atoms with Gasteiger partial charge in [-0.3, -0.25) is 4.79 Å². The second-order valence-electron chi connectivity index (χ2n) is 4.95. The van der Waals surface area contributed by atoms with Gasteiger partial charge in [0.1, 0.15) is 5.75 Å². The van der Waals surface area contributed by atoms with Crippen molar-refractivity contribution in [1.29, 1.82) is 0 Å². The molecule has 0 aliphatic rings. The fourth-order valence-corrected chi connectivity index (χ4v) is 1.99. The molecule has 2 aromatic rings. The minimum atomic E-state index is -0.549. The summed E-state index contributed by atoms with van der Waals surface area (Å²) in [4.78, 5) is 23.7. The van der Waals surface area contributed by atoms with Crippen molar-refractivity contribution in [2.24, 2.45) is 0 Å². The molecule has 5 heteroatoms.